The van der Waals surface area contributed by atoms with E-state index in [9.17, 15) is 0 Å². The van der Waals surface area contributed by atoms with Gasteiger partial charge in [-0.15, -0.1) is 0 Å². The van der Waals surface area contributed by atoms with Crippen molar-refractivity contribution in [2.45, 2.75) is 0 Å². The number of hydrogen-bond acceptors (Lipinski definition) is 1. The fourth-order valence-corrected chi connectivity index (χ4v) is 9.79. The van der Waals surface area contributed by atoms with Crippen LogP contribution < -0.4 is 0 Å². The molecule has 3 heteroatoms. The second-order valence-electron chi connectivity index (χ2n) is 14.8. The van der Waals surface area contributed by atoms with Crippen molar-refractivity contribution in [1.29, 1.82) is 0 Å². The molecular formula is C52H30N2O. The highest BCUT2D eigenvalue weighted by Crippen LogP contribution is 2.48. The van der Waals surface area contributed by atoms with Gasteiger partial charge in [0.25, 0.3) is 0 Å². The first-order chi connectivity index (χ1) is 27.3. The lowest BCUT2D eigenvalue weighted by molar-refractivity contribution is 0.669. The lowest BCUT2D eigenvalue weighted by Crippen LogP contribution is -1.95. The molecule has 55 heavy (non-hydrogen) atoms. The van der Waals surface area contributed by atoms with Crippen molar-refractivity contribution in [2.24, 2.45) is 0 Å². The Kier molecular flexibility index (Phi) is 5.63. The fourth-order valence-electron chi connectivity index (χ4n) is 9.79. The monoisotopic (exact) mass is 698 g/mol. The number of nitrogens with zero attached hydrogens (tertiary/aromatic N) is 2. The zero-order valence-corrected chi connectivity index (χ0v) is 29.6. The van der Waals surface area contributed by atoms with E-state index in [1.165, 1.54) is 81.5 Å². The SMILES string of the molecule is c1ccc(-n2c3cccc4c5cc6ccccc6cc5c5cccc6c5c5c(c43)c2ccc5n6-c2cccc(-c3cccc4oc5ccccc5c34)c2)cc1. The molecule has 0 N–H and O–H groups in total. The van der Waals surface area contributed by atoms with Gasteiger partial charge in [-0.1, -0.05) is 109 Å². The van der Waals surface area contributed by atoms with Crippen molar-refractivity contribution in [2.75, 3.05) is 0 Å². The molecule has 3 aromatic heterocycles. The number of aromatic nitrogens is 2. The van der Waals surface area contributed by atoms with E-state index in [1.807, 2.05) is 6.07 Å². The summed E-state index contributed by atoms with van der Waals surface area (Å²) in [6.07, 6.45) is 0. The van der Waals surface area contributed by atoms with Gasteiger partial charge in [-0.25, -0.2) is 0 Å². The molecule has 13 rings (SSSR count). The molecular weight excluding hydrogens is 669 g/mol. The van der Waals surface area contributed by atoms with E-state index in [1.54, 1.807) is 0 Å². The van der Waals surface area contributed by atoms with Crippen LogP contribution in [0, 0.1) is 0 Å². The predicted molar refractivity (Wildman–Crippen MR) is 232 cm³/mol. The minimum atomic E-state index is 0.906. The minimum absolute atomic E-state index is 0.906. The summed E-state index contributed by atoms with van der Waals surface area (Å²) in [5.74, 6) is 0. The Bertz CT molecular complexity index is 3710. The molecule has 0 unspecified atom stereocenters. The van der Waals surface area contributed by atoms with E-state index < -0.39 is 0 Å². The third kappa shape index (κ3) is 3.84. The fraction of sp³-hybridized carbons (Fsp3) is 0. The molecule has 3 nitrogen and oxygen atoms in total. The van der Waals surface area contributed by atoms with Crippen LogP contribution in [0.15, 0.2) is 186 Å². The van der Waals surface area contributed by atoms with Gasteiger partial charge in [0.2, 0.25) is 0 Å². The van der Waals surface area contributed by atoms with Gasteiger partial charge in [-0.05, 0) is 116 Å². The molecule has 3 heterocycles. The van der Waals surface area contributed by atoms with Gasteiger partial charge in [-0.2, -0.15) is 0 Å². The number of benzene rings is 9. The topological polar surface area (TPSA) is 23.0 Å². The maximum atomic E-state index is 6.32. The number of furan rings is 1. The zero-order chi connectivity index (χ0) is 35.8. The predicted octanol–water partition coefficient (Wildman–Crippen LogP) is 14.3. The zero-order valence-electron chi connectivity index (χ0n) is 29.6. The number of para-hydroxylation sites is 2. The standard InChI is InChI=1S/C52H30N2O/c1-2-15-34(16-3-1)53-42-22-9-20-37-40-29-31-12-4-5-13-32(31)30-41(40)38-21-10-23-43-50(38)52-45(27-26-44(53)51(52)49(37)42)54(43)35-17-8-14-33(28-35)36-19-11-25-47-48(36)39-18-6-7-24-46(39)55-47/h1-30H. The van der Waals surface area contributed by atoms with Crippen LogP contribution in [0.2, 0.25) is 0 Å². The van der Waals surface area contributed by atoms with Crippen molar-refractivity contribution in [3.63, 3.8) is 0 Å². The van der Waals surface area contributed by atoms with Crippen molar-refractivity contribution < 1.29 is 4.42 Å². The first-order valence-corrected chi connectivity index (χ1v) is 18.9. The van der Waals surface area contributed by atoms with Crippen LogP contribution >= 0.6 is 0 Å². The van der Waals surface area contributed by atoms with Gasteiger partial charge < -0.3 is 13.6 Å². The maximum absolute atomic E-state index is 6.32. The van der Waals surface area contributed by atoms with E-state index in [-0.39, 0.29) is 0 Å². The van der Waals surface area contributed by atoms with Crippen molar-refractivity contribution in [1.82, 2.24) is 9.13 Å². The summed E-state index contributed by atoms with van der Waals surface area (Å²) in [7, 11) is 0. The average molecular weight is 699 g/mol. The molecule has 0 radical (unpaired) electrons. The maximum Gasteiger partial charge on any atom is 0.136 e. The van der Waals surface area contributed by atoms with Crippen LogP contribution in [0.4, 0.5) is 0 Å². The Morgan fingerprint density at radius 3 is 1.55 bits per heavy atom. The smallest absolute Gasteiger partial charge is 0.136 e. The summed E-state index contributed by atoms with van der Waals surface area (Å²) in [4.78, 5) is 0. The molecule has 0 aliphatic heterocycles. The van der Waals surface area contributed by atoms with E-state index in [0.717, 1.165) is 38.9 Å². The second-order valence-corrected chi connectivity index (χ2v) is 14.8. The van der Waals surface area contributed by atoms with Crippen LogP contribution in [0.25, 0.3) is 120 Å². The highest BCUT2D eigenvalue weighted by Gasteiger charge is 2.24. The van der Waals surface area contributed by atoms with Crippen LogP contribution in [0.3, 0.4) is 0 Å². The molecule has 13 aromatic rings. The minimum Gasteiger partial charge on any atom is -0.456 e. The molecule has 0 saturated heterocycles. The van der Waals surface area contributed by atoms with Crippen LogP contribution in [-0.4, -0.2) is 9.13 Å². The second kappa shape index (κ2) is 10.6. The van der Waals surface area contributed by atoms with E-state index >= 15 is 0 Å². The first-order valence-electron chi connectivity index (χ1n) is 18.9. The lowest BCUT2D eigenvalue weighted by atomic mass is 9.93. The molecule has 0 saturated carbocycles. The van der Waals surface area contributed by atoms with Gasteiger partial charge in [-0.3, -0.25) is 0 Å². The molecule has 0 amide bonds. The Morgan fingerprint density at radius 2 is 0.836 bits per heavy atom. The number of fused-ring (bicyclic) bond motifs is 7. The van der Waals surface area contributed by atoms with Gasteiger partial charge >= 0.3 is 0 Å². The van der Waals surface area contributed by atoms with Gasteiger partial charge in [0.05, 0.1) is 22.1 Å². The molecule has 254 valence electrons. The molecule has 0 bridgehead atoms. The molecule has 0 aliphatic rings. The molecule has 10 aromatic carbocycles. The molecule has 0 fully saturated rings. The summed E-state index contributed by atoms with van der Waals surface area (Å²) in [6.45, 7) is 0. The quantitative estimate of drug-likeness (QED) is 0.180. The van der Waals surface area contributed by atoms with Crippen molar-refractivity contribution >= 4 is 97.9 Å². The summed E-state index contributed by atoms with van der Waals surface area (Å²) in [5.41, 5.74) is 11.3. The average Bonchev–Trinajstić information content (AvgIpc) is 3.91. The molecule has 0 atom stereocenters. The van der Waals surface area contributed by atoms with E-state index in [2.05, 4.69) is 185 Å². The Hall–Kier alpha value is -7.36. The summed E-state index contributed by atoms with van der Waals surface area (Å²) in [6, 6.07) is 66.6. The van der Waals surface area contributed by atoms with Crippen LogP contribution in [0.5, 0.6) is 0 Å². The van der Waals surface area contributed by atoms with Gasteiger partial charge in [0, 0.05) is 43.7 Å². The van der Waals surface area contributed by atoms with Crippen molar-refractivity contribution in [3.8, 4) is 22.5 Å². The number of hydrogen-bond donors (Lipinski definition) is 0. The van der Waals surface area contributed by atoms with Crippen LogP contribution in [-0.2, 0) is 0 Å². The Labute approximate surface area is 314 Å². The summed E-state index contributed by atoms with van der Waals surface area (Å²) >= 11 is 0. The highest BCUT2D eigenvalue weighted by molar-refractivity contribution is 6.39. The van der Waals surface area contributed by atoms with E-state index in [0.29, 0.717) is 0 Å². The molecule has 0 spiro atoms. The Balaban J connectivity index is 1.22. The van der Waals surface area contributed by atoms with E-state index in [4.69, 9.17) is 4.42 Å². The largest absolute Gasteiger partial charge is 0.456 e. The summed E-state index contributed by atoms with van der Waals surface area (Å²) in [5, 5.41) is 15.0. The van der Waals surface area contributed by atoms with Gasteiger partial charge in [0.15, 0.2) is 0 Å². The van der Waals surface area contributed by atoms with Crippen molar-refractivity contribution in [3.05, 3.63) is 182 Å². The summed E-state index contributed by atoms with van der Waals surface area (Å²) < 4.78 is 11.3. The first kappa shape index (κ1) is 29.1. The van der Waals surface area contributed by atoms with Crippen LogP contribution in [0.1, 0.15) is 0 Å². The lowest BCUT2D eigenvalue weighted by Gasteiger charge is -2.12. The third-order valence-corrected chi connectivity index (χ3v) is 12.0. The number of rotatable bonds is 3. The van der Waals surface area contributed by atoms with Gasteiger partial charge in [0.1, 0.15) is 11.2 Å². The third-order valence-electron chi connectivity index (χ3n) is 12.0. The Morgan fingerprint density at radius 1 is 0.309 bits per heavy atom. The molecule has 0 aliphatic carbocycles. The normalized spacial score (nSPS) is 12.4. The highest BCUT2D eigenvalue weighted by atomic mass is 16.3.